The van der Waals surface area contributed by atoms with Gasteiger partial charge in [0, 0.05) is 24.2 Å². The molecule has 2 aliphatic rings. The molecule has 1 aliphatic heterocycles. The first-order valence-electron chi connectivity index (χ1n) is 6.27. The topological polar surface area (TPSA) is 59.6 Å². The van der Waals surface area contributed by atoms with E-state index in [1.807, 2.05) is 0 Å². The summed E-state index contributed by atoms with van der Waals surface area (Å²) in [6.45, 7) is -0.801. The number of nitrogens with two attached hydrogens (primary N) is 1. The Hall–Kier alpha value is -1.56. The van der Waals surface area contributed by atoms with E-state index in [0.717, 1.165) is 0 Å². The van der Waals surface area contributed by atoms with Gasteiger partial charge >= 0.3 is 0 Å². The first-order chi connectivity index (χ1) is 9.51. The Morgan fingerprint density at radius 1 is 1.60 bits per heavy atom. The maximum atomic E-state index is 13.9. The Bertz CT molecular complexity index is 595. The van der Waals surface area contributed by atoms with Crippen LogP contribution in [0.15, 0.2) is 17.1 Å². The van der Waals surface area contributed by atoms with Crippen molar-refractivity contribution in [3.63, 3.8) is 0 Å². The SMILES string of the molecule is CNc1cc(F)c(Cl)c([C@@]2(CF)N=C(N)O[C@@H]3C[C@@H]32)c1. The van der Waals surface area contributed by atoms with E-state index in [2.05, 4.69) is 10.3 Å². The number of rotatable bonds is 3. The quantitative estimate of drug-likeness (QED) is 0.901. The highest BCUT2D eigenvalue weighted by atomic mass is 35.5. The lowest BCUT2D eigenvalue weighted by Gasteiger charge is -2.32. The number of nitrogens with zero attached hydrogens (tertiary/aromatic N) is 1. The predicted octanol–water partition coefficient (Wildman–Crippen LogP) is 2.42. The molecule has 1 heterocycles. The van der Waals surface area contributed by atoms with Gasteiger partial charge in [0.2, 0.25) is 0 Å². The first-order valence-corrected chi connectivity index (χ1v) is 6.65. The standard InChI is InChI=1S/C13H14ClF2N3O/c1-18-6-2-8(11(14)9(16)3-6)13(5-15)7-4-10(7)20-12(17)19-13/h2-3,7,10,18H,4-5H2,1H3,(H2,17,19)/t7-,10+,13-/m0/s1. The fraction of sp³-hybridized carbons (Fsp3) is 0.462. The van der Waals surface area contributed by atoms with E-state index < -0.39 is 18.0 Å². The third kappa shape index (κ3) is 1.82. The van der Waals surface area contributed by atoms with Gasteiger partial charge in [0.15, 0.2) is 0 Å². The number of ether oxygens (including phenoxy) is 1. The minimum Gasteiger partial charge on any atom is -0.462 e. The molecule has 1 saturated carbocycles. The lowest BCUT2D eigenvalue weighted by molar-refractivity contribution is 0.170. The van der Waals surface area contributed by atoms with Crippen molar-refractivity contribution in [1.29, 1.82) is 0 Å². The molecule has 108 valence electrons. The number of hydrogen-bond acceptors (Lipinski definition) is 4. The van der Waals surface area contributed by atoms with E-state index in [0.29, 0.717) is 17.7 Å². The molecule has 7 heteroatoms. The monoisotopic (exact) mass is 301 g/mol. The highest BCUT2D eigenvalue weighted by Crippen LogP contribution is 2.54. The van der Waals surface area contributed by atoms with Crippen molar-refractivity contribution in [2.75, 3.05) is 19.0 Å². The van der Waals surface area contributed by atoms with Crippen LogP contribution in [0.3, 0.4) is 0 Å². The molecule has 3 rings (SSSR count). The molecular weight excluding hydrogens is 288 g/mol. The fourth-order valence-electron chi connectivity index (χ4n) is 2.77. The van der Waals surface area contributed by atoms with Crippen LogP contribution >= 0.6 is 11.6 Å². The van der Waals surface area contributed by atoms with Crippen molar-refractivity contribution < 1.29 is 13.5 Å². The Balaban J connectivity index is 2.19. The number of halogens is 3. The summed E-state index contributed by atoms with van der Waals surface area (Å²) in [5.41, 5.74) is 5.17. The van der Waals surface area contributed by atoms with E-state index in [-0.39, 0.29) is 23.1 Å². The smallest absolute Gasteiger partial charge is 0.283 e. The second kappa shape index (κ2) is 4.48. The average Bonchev–Trinajstić information content (AvgIpc) is 3.20. The molecule has 1 fully saturated rings. The summed E-state index contributed by atoms with van der Waals surface area (Å²) in [5.74, 6) is -0.775. The molecule has 1 aliphatic carbocycles. The molecule has 20 heavy (non-hydrogen) atoms. The normalized spacial score (nSPS) is 31.1. The van der Waals surface area contributed by atoms with Crippen molar-refractivity contribution >= 4 is 23.3 Å². The molecule has 3 N–H and O–H groups in total. The molecule has 0 saturated heterocycles. The Kier molecular flexibility index (Phi) is 3.01. The molecule has 0 amide bonds. The van der Waals surface area contributed by atoms with Gasteiger partial charge in [-0.2, -0.15) is 0 Å². The van der Waals surface area contributed by atoms with Gasteiger partial charge in [-0.1, -0.05) is 11.6 Å². The van der Waals surface area contributed by atoms with Crippen molar-refractivity contribution in [3.05, 3.63) is 28.5 Å². The Labute approximate surface area is 120 Å². The van der Waals surface area contributed by atoms with Gasteiger partial charge < -0.3 is 15.8 Å². The number of alkyl halides is 1. The third-order valence-electron chi connectivity index (χ3n) is 3.91. The summed E-state index contributed by atoms with van der Waals surface area (Å²) < 4.78 is 33.0. The van der Waals surface area contributed by atoms with Crippen LogP contribution in [-0.2, 0) is 10.3 Å². The van der Waals surface area contributed by atoms with E-state index in [1.54, 1.807) is 13.1 Å². The summed E-state index contributed by atoms with van der Waals surface area (Å²) in [6, 6.07) is 2.80. The van der Waals surface area contributed by atoms with Gasteiger partial charge in [0.1, 0.15) is 24.1 Å². The van der Waals surface area contributed by atoms with Crippen LogP contribution in [0.1, 0.15) is 12.0 Å². The van der Waals surface area contributed by atoms with Gasteiger partial charge in [0.25, 0.3) is 6.02 Å². The number of benzene rings is 1. The van der Waals surface area contributed by atoms with Crippen LogP contribution in [0.2, 0.25) is 5.02 Å². The maximum absolute atomic E-state index is 13.9. The van der Waals surface area contributed by atoms with Crippen LogP contribution in [0.25, 0.3) is 0 Å². The number of hydrogen-bond donors (Lipinski definition) is 2. The number of nitrogens with one attached hydrogen (secondary N) is 1. The van der Waals surface area contributed by atoms with Crippen LogP contribution in [0, 0.1) is 11.7 Å². The van der Waals surface area contributed by atoms with Gasteiger partial charge in [-0.25, -0.2) is 13.8 Å². The van der Waals surface area contributed by atoms with Gasteiger partial charge in [0.05, 0.1) is 5.02 Å². The average molecular weight is 302 g/mol. The fourth-order valence-corrected chi connectivity index (χ4v) is 3.05. The summed E-state index contributed by atoms with van der Waals surface area (Å²) in [5, 5.41) is 2.70. The maximum Gasteiger partial charge on any atom is 0.283 e. The van der Waals surface area contributed by atoms with E-state index in [9.17, 15) is 8.78 Å². The minimum atomic E-state index is -1.25. The highest BCUT2D eigenvalue weighted by Gasteiger charge is 2.60. The summed E-state index contributed by atoms with van der Waals surface area (Å²) >= 11 is 6.04. The molecule has 0 spiro atoms. The van der Waals surface area contributed by atoms with Crippen LogP contribution in [-0.4, -0.2) is 25.8 Å². The second-order valence-electron chi connectivity index (χ2n) is 5.08. The molecule has 0 bridgehead atoms. The largest absolute Gasteiger partial charge is 0.462 e. The minimum absolute atomic E-state index is 0.0762. The van der Waals surface area contributed by atoms with Crippen LogP contribution in [0.4, 0.5) is 14.5 Å². The Morgan fingerprint density at radius 2 is 2.35 bits per heavy atom. The van der Waals surface area contributed by atoms with Crippen molar-refractivity contribution in [2.24, 2.45) is 16.6 Å². The molecule has 0 radical (unpaired) electrons. The summed E-state index contributed by atoms with van der Waals surface area (Å²) in [6.07, 6.45) is 0.469. The second-order valence-corrected chi connectivity index (χ2v) is 5.45. The third-order valence-corrected chi connectivity index (χ3v) is 4.30. The molecule has 3 atom stereocenters. The zero-order valence-electron chi connectivity index (χ0n) is 10.8. The zero-order chi connectivity index (χ0) is 14.5. The van der Waals surface area contributed by atoms with E-state index in [4.69, 9.17) is 22.1 Å². The summed E-state index contributed by atoms with van der Waals surface area (Å²) in [7, 11) is 1.65. The van der Waals surface area contributed by atoms with Gasteiger partial charge in [-0.15, -0.1) is 0 Å². The van der Waals surface area contributed by atoms with Crippen molar-refractivity contribution in [2.45, 2.75) is 18.1 Å². The van der Waals surface area contributed by atoms with Crippen molar-refractivity contribution in [3.8, 4) is 0 Å². The number of amidine groups is 1. The molecule has 1 aromatic rings. The molecule has 0 unspecified atom stereocenters. The number of anilines is 1. The van der Waals surface area contributed by atoms with Gasteiger partial charge in [-0.05, 0) is 18.6 Å². The van der Waals surface area contributed by atoms with Crippen LogP contribution < -0.4 is 11.1 Å². The molecule has 1 aromatic carbocycles. The first kappa shape index (κ1) is 13.4. The Morgan fingerprint density at radius 3 is 3.00 bits per heavy atom. The van der Waals surface area contributed by atoms with E-state index >= 15 is 0 Å². The zero-order valence-corrected chi connectivity index (χ0v) is 11.5. The number of aliphatic imine (C=N–C) groups is 1. The van der Waals surface area contributed by atoms with Crippen molar-refractivity contribution in [1.82, 2.24) is 0 Å². The summed E-state index contributed by atoms with van der Waals surface area (Å²) in [4.78, 5) is 4.12. The lowest BCUT2D eigenvalue weighted by Crippen LogP contribution is -2.39. The molecular formula is C13H14ClF2N3O. The predicted molar refractivity (Wildman–Crippen MR) is 73.2 cm³/mol. The van der Waals surface area contributed by atoms with Gasteiger partial charge in [-0.3, -0.25) is 0 Å². The molecule has 4 nitrogen and oxygen atoms in total. The lowest BCUT2D eigenvalue weighted by atomic mass is 9.85. The molecule has 0 aromatic heterocycles. The number of fused-ring (bicyclic) bond motifs is 1. The van der Waals surface area contributed by atoms with E-state index in [1.165, 1.54) is 6.07 Å². The van der Waals surface area contributed by atoms with Crippen LogP contribution in [0.5, 0.6) is 0 Å². The highest BCUT2D eigenvalue weighted by molar-refractivity contribution is 6.31.